The first-order valence-electron chi connectivity index (χ1n) is 5.63. The van der Waals surface area contributed by atoms with E-state index in [0.717, 1.165) is 12.3 Å². The van der Waals surface area contributed by atoms with Crippen LogP contribution in [-0.2, 0) is 0 Å². The van der Waals surface area contributed by atoms with Gasteiger partial charge >= 0.3 is 0 Å². The molecule has 6 nitrogen and oxygen atoms in total. The van der Waals surface area contributed by atoms with Crippen LogP contribution in [0.3, 0.4) is 0 Å². The number of anilines is 1. The minimum absolute atomic E-state index is 0.0574. The van der Waals surface area contributed by atoms with Crippen LogP contribution >= 0.6 is 0 Å². The highest BCUT2D eigenvalue weighted by Gasteiger charge is 2.15. The number of nitro benzene ring substituents is 1. The molecule has 0 fully saturated rings. The number of nitro groups is 1. The second-order valence-corrected chi connectivity index (χ2v) is 4.01. The maximum atomic E-state index is 12.7. The van der Waals surface area contributed by atoms with E-state index in [1.807, 2.05) is 0 Å². The summed E-state index contributed by atoms with van der Waals surface area (Å²) in [5.41, 5.74) is 0.662. The molecule has 1 aromatic heterocycles. The summed E-state index contributed by atoms with van der Waals surface area (Å²) in [5.74, 6) is -1.05. The minimum Gasteiger partial charge on any atom is -0.311 e. The van der Waals surface area contributed by atoms with Crippen molar-refractivity contribution in [3.05, 3.63) is 64.2 Å². The van der Waals surface area contributed by atoms with Crippen LogP contribution in [0.2, 0.25) is 0 Å². The van der Waals surface area contributed by atoms with E-state index in [0.29, 0.717) is 5.69 Å². The number of carbonyl (C=O) groups excluding carboxylic acids is 1. The number of pyridine rings is 1. The molecule has 0 aliphatic carbocycles. The third-order valence-electron chi connectivity index (χ3n) is 2.73. The highest BCUT2D eigenvalue weighted by Crippen LogP contribution is 2.19. The lowest BCUT2D eigenvalue weighted by Gasteiger charge is -2.16. The molecule has 1 amide bonds. The Hall–Kier alpha value is -2.83. The van der Waals surface area contributed by atoms with Gasteiger partial charge in [0.2, 0.25) is 5.95 Å². The van der Waals surface area contributed by atoms with Gasteiger partial charge in [0.05, 0.1) is 10.5 Å². The summed E-state index contributed by atoms with van der Waals surface area (Å²) in [5, 5.41) is 10.6. The van der Waals surface area contributed by atoms with Gasteiger partial charge in [0.15, 0.2) is 0 Å². The molecule has 0 spiro atoms. The Bertz CT molecular complexity index is 641. The maximum absolute atomic E-state index is 12.7. The number of amides is 1. The Labute approximate surface area is 113 Å². The van der Waals surface area contributed by atoms with Crippen molar-refractivity contribution in [2.45, 2.75) is 0 Å². The molecule has 0 radical (unpaired) electrons. The fourth-order valence-corrected chi connectivity index (χ4v) is 1.61. The first kappa shape index (κ1) is 13.6. The monoisotopic (exact) mass is 275 g/mol. The van der Waals surface area contributed by atoms with Crippen LogP contribution < -0.4 is 4.90 Å². The van der Waals surface area contributed by atoms with Gasteiger partial charge in [-0.05, 0) is 24.3 Å². The molecule has 0 atom stereocenters. The second kappa shape index (κ2) is 5.43. The zero-order valence-electron chi connectivity index (χ0n) is 10.5. The van der Waals surface area contributed by atoms with Crippen molar-refractivity contribution in [3.63, 3.8) is 0 Å². The number of nitrogens with zero attached hydrogens (tertiary/aromatic N) is 3. The highest BCUT2D eigenvalue weighted by molar-refractivity contribution is 6.05. The third-order valence-corrected chi connectivity index (χ3v) is 2.73. The summed E-state index contributed by atoms with van der Waals surface area (Å²) < 4.78 is 12.7. The fourth-order valence-electron chi connectivity index (χ4n) is 1.61. The van der Waals surface area contributed by atoms with Gasteiger partial charge in [0.25, 0.3) is 11.6 Å². The number of aromatic nitrogens is 1. The summed E-state index contributed by atoms with van der Waals surface area (Å²) in [4.78, 5) is 26.9. The average Bonchev–Trinajstić information content (AvgIpc) is 2.46. The van der Waals surface area contributed by atoms with E-state index in [1.54, 1.807) is 0 Å². The van der Waals surface area contributed by atoms with Crippen molar-refractivity contribution < 1.29 is 14.1 Å². The predicted molar refractivity (Wildman–Crippen MR) is 70.0 cm³/mol. The van der Waals surface area contributed by atoms with Crippen molar-refractivity contribution in [1.29, 1.82) is 0 Å². The van der Waals surface area contributed by atoms with Crippen LogP contribution in [0.15, 0.2) is 42.6 Å². The smallest absolute Gasteiger partial charge is 0.269 e. The Morgan fingerprint density at radius 3 is 2.40 bits per heavy atom. The number of hydrogen-bond acceptors (Lipinski definition) is 4. The van der Waals surface area contributed by atoms with E-state index in [9.17, 15) is 19.3 Å². The lowest BCUT2D eigenvalue weighted by molar-refractivity contribution is -0.384. The van der Waals surface area contributed by atoms with E-state index < -0.39 is 10.9 Å². The Kier molecular flexibility index (Phi) is 3.69. The van der Waals surface area contributed by atoms with Crippen LogP contribution in [0.5, 0.6) is 0 Å². The Balaban J connectivity index is 2.22. The van der Waals surface area contributed by atoms with Crippen molar-refractivity contribution in [3.8, 4) is 0 Å². The van der Waals surface area contributed by atoms with Gasteiger partial charge in [-0.3, -0.25) is 14.9 Å². The van der Waals surface area contributed by atoms with Crippen molar-refractivity contribution >= 4 is 17.3 Å². The normalized spacial score (nSPS) is 10.1. The SMILES string of the molecule is CN(C(=O)c1ccc(F)nc1)c1ccc([N+](=O)[O-])cc1. The van der Waals surface area contributed by atoms with E-state index >= 15 is 0 Å². The van der Waals surface area contributed by atoms with Crippen LogP contribution in [0.4, 0.5) is 15.8 Å². The topological polar surface area (TPSA) is 76.3 Å². The zero-order valence-corrected chi connectivity index (χ0v) is 10.5. The number of halogens is 1. The predicted octanol–water partition coefficient (Wildman–Crippen LogP) is 2.41. The molecule has 0 saturated carbocycles. The molecule has 0 unspecified atom stereocenters. The molecule has 20 heavy (non-hydrogen) atoms. The standard InChI is InChI=1S/C13H10FN3O3/c1-16(10-3-5-11(6-4-10)17(19)20)13(18)9-2-7-12(14)15-8-9/h2-8H,1H3. The van der Waals surface area contributed by atoms with Crippen LogP contribution in [-0.4, -0.2) is 22.9 Å². The first-order valence-corrected chi connectivity index (χ1v) is 5.63. The summed E-state index contributed by atoms with van der Waals surface area (Å²) >= 11 is 0. The summed E-state index contributed by atoms with van der Waals surface area (Å²) in [6.45, 7) is 0. The van der Waals surface area contributed by atoms with E-state index in [4.69, 9.17) is 0 Å². The van der Waals surface area contributed by atoms with Gasteiger partial charge in [-0.2, -0.15) is 4.39 Å². The molecule has 2 rings (SSSR count). The van der Waals surface area contributed by atoms with E-state index in [-0.39, 0.29) is 17.2 Å². The van der Waals surface area contributed by atoms with Crippen LogP contribution in [0.1, 0.15) is 10.4 Å². The van der Waals surface area contributed by atoms with Crippen LogP contribution in [0, 0.1) is 16.1 Å². The Morgan fingerprint density at radius 2 is 1.90 bits per heavy atom. The molecule has 0 saturated heterocycles. The van der Waals surface area contributed by atoms with Gasteiger partial charge < -0.3 is 4.90 Å². The number of rotatable bonds is 3. The molecule has 0 aliphatic heterocycles. The molecule has 0 bridgehead atoms. The Morgan fingerprint density at radius 1 is 1.25 bits per heavy atom. The molecule has 0 N–H and O–H groups in total. The van der Waals surface area contributed by atoms with Gasteiger partial charge in [0, 0.05) is 31.1 Å². The highest BCUT2D eigenvalue weighted by atomic mass is 19.1. The molecule has 1 heterocycles. The fraction of sp³-hybridized carbons (Fsp3) is 0.0769. The molecule has 1 aromatic carbocycles. The van der Waals surface area contributed by atoms with Crippen molar-refractivity contribution in [1.82, 2.24) is 4.98 Å². The number of non-ortho nitro benzene ring substituents is 1. The van der Waals surface area contributed by atoms with Gasteiger partial charge in [-0.25, -0.2) is 4.98 Å². The summed E-state index contributed by atoms with van der Waals surface area (Å²) in [7, 11) is 1.52. The maximum Gasteiger partial charge on any atom is 0.269 e. The molecule has 2 aromatic rings. The van der Waals surface area contributed by atoms with Gasteiger partial charge in [0.1, 0.15) is 0 Å². The molecular formula is C13H10FN3O3. The van der Waals surface area contributed by atoms with Crippen molar-refractivity contribution in [2.24, 2.45) is 0 Å². The number of carbonyl (C=O) groups is 1. The zero-order chi connectivity index (χ0) is 14.7. The molecule has 0 aliphatic rings. The van der Waals surface area contributed by atoms with Crippen molar-refractivity contribution in [2.75, 3.05) is 11.9 Å². The number of benzene rings is 1. The molecule has 102 valence electrons. The van der Waals surface area contributed by atoms with Crippen LogP contribution in [0.25, 0.3) is 0 Å². The summed E-state index contributed by atoms with van der Waals surface area (Å²) in [6, 6.07) is 7.97. The quantitative estimate of drug-likeness (QED) is 0.489. The van der Waals surface area contributed by atoms with E-state index in [2.05, 4.69) is 4.98 Å². The second-order valence-electron chi connectivity index (χ2n) is 4.01. The lowest BCUT2D eigenvalue weighted by Crippen LogP contribution is -2.26. The first-order chi connectivity index (χ1) is 9.49. The average molecular weight is 275 g/mol. The lowest BCUT2D eigenvalue weighted by atomic mass is 10.2. The van der Waals surface area contributed by atoms with E-state index in [1.165, 1.54) is 42.3 Å². The number of hydrogen-bond donors (Lipinski definition) is 0. The van der Waals surface area contributed by atoms with Gasteiger partial charge in [-0.15, -0.1) is 0 Å². The third kappa shape index (κ3) is 2.77. The molecule has 7 heteroatoms. The largest absolute Gasteiger partial charge is 0.311 e. The molecular weight excluding hydrogens is 265 g/mol. The minimum atomic E-state index is -0.667. The van der Waals surface area contributed by atoms with Gasteiger partial charge in [-0.1, -0.05) is 0 Å². The summed E-state index contributed by atoms with van der Waals surface area (Å²) in [6.07, 6.45) is 1.14.